The largest absolute Gasteiger partial charge is 0.326 e. The molecule has 3 heteroatoms. The van der Waals surface area contributed by atoms with E-state index in [-0.39, 0.29) is 12.4 Å². The van der Waals surface area contributed by atoms with E-state index in [1.54, 1.807) is 6.20 Å². The molecule has 0 fully saturated rings. The monoisotopic (exact) mass is 194 g/mol. The van der Waals surface area contributed by atoms with Crippen LogP contribution in [0, 0.1) is 0 Å². The molecule has 2 rings (SSSR count). The lowest BCUT2D eigenvalue weighted by molar-refractivity contribution is 1.08. The van der Waals surface area contributed by atoms with Gasteiger partial charge in [-0.2, -0.15) is 0 Å². The molecule has 2 N–H and O–H groups in total. The summed E-state index contributed by atoms with van der Waals surface area (Å²) in [5.41, 5.74) is 6.74. The summed E-state index contributed by atoms with van der Waals surface area (Å²) < 4.78 is 0. The zero-order chi connectivity index (χ0) is 8.39. The molecule has 0 saturated heterocycles. The quantitative estimate of drug-likeness (QED) is 0.756. The first-order chi connectivity index (χ1) is 5.92. The summed E-state index contributed by atoms with van der Waals surface area (Å²) in [6.45, 7) is 0.572. The van der Waals surface area contributed by atoms with Crippen molar-refractivity contribution < 1.29 is 0 Å². The molecule has 0 aliphatic heterocycles. The fraction of sp³-hybridized carbons (Fsp3) is 0.100. The molecule has 0 bridgehead atoms. The number of nitrogens with two attached hydrogens (primary N) is 1. The Labute approximate surface area is 83.2 Å². The fourth-order valence-corrected chi connectivity index (χ4v) is 1.35. The molecule has 0 amide bonds. The van der Waals surface area contributed by atoms with Crippen LogP contribution in [0.15, 0.2) is 36.7 Å². The van der Waals surface area contributed by atoms with Crippen molar-refractivity contribution in [2.24, 2.45) is 5.73 Å². The number of hydrogen-bond acceptors (Lipinski definition) is 2. The van der Waals surface area contributed by atoms with E-state index < -0.39 is 0 Å². The molecular formula is C10H11ClN2. The Bertz CT molecular complexity index is 396. The summed E-state index contributed by atoms with van der Waals surface area (Å²) in [6, 6.07) is 8.11. The van der Waals surface area contributed by atoms with Crippen LogP contribution in [0.5, 0.6) is 0 Å². The van der Waals surface area contributed by atoms with E-state index in [2.05, 4.69) is 11.1 Å². The van der Waals surface area contributed by atoms with Crippen molar-refractivity contribution in [2.45, 2.75) is 6.54 Å². The van der Waals surface area contributed by atoms with Gasteiger partial charge in [0.2, 0.25) is 0 Å². The molecule has 1 heterocycles. The van der Waals surface area contributed by atoms with Gasteiger partial charge in [0.15, 0.2) is 0 Å². The van der Waals surface area contributed by atoms with Gasteiger partial charge in [-0.3, -0.25) is 4.98 Å². The second-order valence-corrected chi connectivity index (χ2v) is 2.72. The van der Waals surface area contributed by atoms with Crippen molar-refractivity contribution in [3.63, 3.8) is 0 Å². The van der Waals surface area contributed by atoms with E-state index in [1.165, 1.54) is 5.39 Å². The van der Waals surface area contributed by atoms with Crippen LogP contribution in [-0.4, -0.2) is 4.98 Å². The molecule has 0 unspecified atom stereocenters. The summed E-state index contributed by atoms with van der Waals surface area (Å²) in [5, 5.41) is 2.36. The second-order valence-electron chi connectivity index (χ2n) is 2.72. The Kier molecular flexibility index (Phi) is 3.23. The third-order valence-corrected chi connectivity index (χ3v) is 1.99. The first-order valence-corrected chi connectivity index (χ1v) is 3.93. The predicted octanol–water partition coefficient (Wildman–Crippen LogP) is 2.12. The fourth-order valence-electron chi connectivity index (χ4n) is 1.35. The number of pyridine rings is 1. The number of benzene rings is 1. The molecule has 0 radical (unpaired) electrons. The number of hydrogen-bond donors (Lipinski definition) is 1. The maximum Gasteiger partial charge on any atom is 0.0349 e. The minimum Gasteiger partial charge on any atom is -0.326 e. The summed E-state index contributed by atoms with van der Waals surface area (Å²) in [6.07, 6.45) is 3.65. The molecule has 2 aromatic rings. The highest BCUT2D eigenvalue weighted by Gasteiger charge is 1.96. The smallest absolute Gasteiger partial charge is 0.0349 e. The maximum atomic E-state index is 5.59. The lowest BCUT2D eigenvalue weighted by atomic mass is 10.1. The van der Waals surface area contributed by atoms with Crippen LogP contribution in [0.3, 0.4) is 0 Å². The second kappa shape index (κ2) is 4.21. The third kappa shape index (κ3) is 1.79. The number of rotatable bonds is 1. The van der Waals surface area contributed by atoms with E-state index in [4.69, 9.17) is 5.73 Å². The van der Waals surface area contributed by atoms with E-state index in [0.717, 1.165) is 10.9 Å². The van der Waals surface area contributed by atoms with Crippen molar-refractivity contribution in [3.8, 4) is 0 Å². The topological polar surface area (TPSA) is 38.9 Å². The Balaban J connectivity index is 0.000000845. The average Bonchev–Trinajstić information content (AvgIpc) is 2.17. The van der Waals surface area contributed by atoms with Gasteiger partial charge in [0.05, 0.1) is 0 Å². The third-order valence-electron chi connectivity index (χ3n) is 1.99. The van der Waals surface area contributed by atoms with E-state index >= 15 is 0 Å². The predicted molar refractivity (Wildman–Crippen MR) is 56.9 cm³/mol. The Hall–Kier alpha value is -1.12. The number of fused-ring (bicyclic) bond motifs is 1. The highest BCUT2D eigenvalue weighted by atomic mass is 35.5. The SMILES string of the molecule is Cl.NCc1cccc2ccncc12. The van der Waals surface area contributed by atoms with Gasteiger partial charge in [-0.05, 0) is 17.0 Å². The van der Waals surface area contributed by atoms with Crippen LogP contribution in [-0.2, 0) is 6.54 Å². The van der Waals surface area contributed by atoms with Crippen LogP contribution in [0.25, 0.3) is 10.8 Å². The van der Waals surface area contributed by atoms with Crippen LogP contribution >= 0.6 is 12.4 Å². The van der Waals surface area contributed by atoms with Crippen molar-refractivity contribution in [3.05, 3.63) is 42.2 Å². The Morgan fingerprint density at radius 3 is 2.85 bits per heavy atom. The van der Waals surface area contributed by atoms with Gasteiger partial charge in [0.25, 0.3) is 0 Å². The summed E-state index contributed by atoms with van der Waals surface area (Å²) in [5.74, 6) is 0. The van der Waals surface area contributed by atoms with Crippen molar-refractivity contribution >= 4 is 23.2 Å². The Morgan fingerprint density at radius 2 is 2.08 bits per heavy atom. The highest BCUT2D eigenvalue weighted by Crippen LogP contribution is 2.16. The zero-order valence-electron chi connectivity index (χ0n) is 7.10. The molecule has 68 valence electrons. The van der Waals surface area contributed by atoms with Gasteiger partial charge in [0.1, 0.15) is 0 Å². The zero-order valence-corrected chi connectivity index (χ0v) is 7.92. The molecule has 1 aromatic carbocycles. The molecule has 0 aliphatic carbocycles. The molecule has 0 spiro atoms. The number of nitrogens with zero attached hydrogens (tertiary/aromatic N) is 1. The van der Waals surface area contributed by atoms with E-state index in [0.29, 0.717) is 6.54 Å². The van der Waals surface area contributed by atoms with Gasteiger partial charge in [0, 0.05) is 24.3 Å². The molecule has 2 nitrogen and oxygen atoms in total. The summed E-state index contributed by atoms with van der Waals surface area (Å²) in [7, 11) is 0. The molecular weight excluding hydrogens is 184 g/mol. The normalized spacial score (nSPS) is 9.62. The van der Waals surface area contributed by atoms with Crippen LogP contribution in [0.1, 0.15) is 5.56 Å². The number of halogens is 1. The molecule has 13 heavy (non-hydrogen) atoms. The van der Waals surface area contributed by atoms with Crippen LogP contribution < -0.4 is 5.73 Å². The minimum atomic E-state index is 0. The lowest BCUT2D eigenvalue weighted by Crippen LogP contribution is -1.96. The van der Waals surface area contributed by atoms with Crippen LogP contribution in [0.4, 0.5) is 0 Å². The van der Waals surface area contributed by atoms with Crippen LogP contribution in [0.2, 0.25) is 0 Å². The van der Waals surface area contributed by atoms with Crippen molar-refractivity contribution in [1.29, 1.82) is 0 Å². The first kappa shape index (κ1) is 9.96. The number of aromatic nitrogens is 1. The summed E-state index contributed by atoms with van der Waals surface area (Å²) in [4.78, 5) is 4.07. The summed E-state index contributed by atoms with van der Waals surface area (Å²) >= 11 is 0. The van der Waals surface area contributed by atoms with Gasteiger partial charge < -0.3 is 5.73 Å². The van der Waals surface area contributed by atoms with E-state index in [9.17, 15) is 0 Å². The Morgan fingerprint density at radius 1 is 1.23 bits per heavy atom. The maximum absolute atomic E-state index is 5.59. The molecule has 0 saturated carbocycles. The lowest BCUT2D eigenvalue weighted by Gasteiger charge is -2.01. The molecule has 0 atom stereocenters. The highest BCUT2D eigenvalue weighted by molar-refractivity contribution is 5.85. The van der Waals surface area contributed by atoms with Crippen molar-refractivity contribution in [2.75, 3.05) is 0 Å². The average molecular weight is 195 g/mol. The minimum absolute atomic E-state index is 0. The van der Waals surface area contributed by atoms with Gasteiger partial charge in [-0.15, -0.1) is 12.4 Å². The van der Waals surface area contributed by atoms with Gasteiger partial charge >= 0.3 is 0 Å². The molecule has 1 aromatic heterocycles. The van der Waals surface area contributed by atoms with E-state index in [1.807, 2.05) is 24.4 Å². The van der Waals surface area contributed by atoms with Gasteiger partial charge in [-0.1, -0.05) is 18.2 Å². The van der Waals surface area contributed by atoms with Gasteiger partial charge in [-0.25, -0.2) is 0 Å². The molecule has 0 aliphatic rings. The van der Waals surface area contributed by atoms with Crippen molar-refractivity contribution in [1.82, 2.24) is 4.98 Å². The standard InChI is InChI=1S/C10H10N2.ClH/c11-6-9-3-1-2-8-4-5-12-7-10(8)9;/h1-5,7H,6,11H2;1H. The first-order valence-electron chi connectivity index (χ1n) is 3.93.